The van der Waals surface area contributed by atoms with Crippen molar-refractivity contribution in [1.29, 1.82) is 0 Å². The molecule has 0 aromatic heterocycles. The van der Waals surface area contributed by atoms with Crippen LogP contribution in [0, 0.1) is 5.92 Å². The van der Waals surface area contributed by atoms with E-state index in [1.807, 2.05) is 44.2 Å². The van der Waals surface area contributed by atoms with Gasteiger partial charge in [-0.3, -0.25) is 14.4 Å². The minimum atomic E-state index is -1.17. The molecule has 1 aliphatic carbocycles. The van der Waals surface area contributed by atoms with Gasteiger partial charge in [-0.05, 0) is 37.2 Å². The highest BCUT2D eigenvalue weighted by molar-refractivity contribution is 5.91. The van der Waals surface area contributed by atoms with Crippen molar-refractivity contribution in [1.82, 2.24) is 15.5 Å². The lowest BCUT2D eigenvalue weighted by atomic mass is 10.0. The van der Waals surface area contributed by atoms with Gasteiger partial charge in [-0.15, -0.1) is 0 Å². The molecule has 1 saturated heterocycles. The van der Waals surface area contributed by atoms with Crippen molar-refractivity contribution in [2.24, 2.45) is 5.92 Å². The van der Waals surface area contributed by atoms with Crippen molar-refractivity contribution in [3.05, 3.63) is 35.9 Å². The number of ether oxygens (including phenoxy) is 1. The summed E-state index contributed by atoms with van der Waals surface area (Å²) in [6, 6.07) is 8.36. The van der Waals surface area contributed by atoms with E-state index in [1.54, 1.807) is 0 Å². The van der Waals surface area contributed by atoms with Crippen LogP contribution in [0.4, 0.5) is 0 Å². The highest BCUT2D eigenvalue weighted by Crippen LogP contribution is 2.53. The molecule has 170 valence electrons. The third-order valence-corrected chi connectivity index (χ3v) is 6.30. The quantitative estimate of drug-likeness (QED) is 0.380. The van der Waals surface area contributed by atoms with Gasteiger partial charge in [0.2, 0.25) is 18.2 Å². The summed E-state index contributed by atoms with van der Waals surface area (Å²) in [4.78, 5) is 38.8. The Morgan fingerprint density at radius 3 is 2.65 bits per heavy atom. The predicted molar refractivity (Wildman–Crippen MR) is 115 cm³/mol. The molecule has 8 heteroatoms. The maximum atomic E-state index is 13.3. The van der Waals surface area contributed by atoms with Crippen LogP contribution in [-0.4, -0.2) is 65.8 Å². The van der Waals surface area contributed by atoms with Crippen LogP contribution < -0.4 is 10.6 Å². The number of hydrogen-bond donors (Lipinski definition) is 3. The summed E-state index contributed by atoms with van der Waals surface area (Å²) in [5, 5.41) is 16.4. The fraction of sp³-hybridized carbons (Fsp3) is 0.609. The number of hydrogen-bond acceptors (Lipinski definition) is 5. The summed E-state index contributed by atoms with van der Waals surface area (Å²) in [5.74, 6) is -0.591. The molecule has 31 heavy (non-hydrogen) atoms. The second kappa shape index (κ2) is 9.78. The first-order valence-electron chi connectivity index (χ1n) is 10.9. The van der Waals surface area contributed by atoms with Crippen LogP contribution in [-0.2, 0) is 19.1 Å². The molecule has 1 heterocycles. The molecule has 0 spiro atoms. The number of carbonyl (C=O) groups excluding carboxylic acids is 3. The second-order valence-electron chi connectivity index (χ2n) is 8.98. The second-order valence-corrected chi connectivity index (χ2v) is 8.98. The summed E-state index contributed by atoms with van der Waals surface area (Å²) in [6.07, 6.45) is 1.86. The van der Waals surface area contributed by atoms with Crippen molar-refractivity contribution in [2.75, 3.05) is 13.7 Å². The zero-order valence-corrected chi connectivity index (χ0v) is 18.4. The summed E-state index contributed by atoms with van der Waals surface area (Å²) >= 11 is 0. The number of aliphatic hydroxyl groups is 1. The molecule has 1 aromatic carbocycles. The Hall–Kier alpha value is -2.45. The number of benzene rings is 1. The largest absolute Gasteiger partial charge is 0.366 e. The van der Waals surface area contributed by atoms with Gasteiger partial charge in [-0.2, -0.15) is 0 Å². The van der Waals surface area contributed by atoms with Gasteiger partial charge < -0.3 is 25.4 Å². The Bertz CT molecular complexity index is 787. The lowest BCUT2D eigenvalue weighted by molar-refractivity contribution is -0.139. The first-order valence-corrected chi connectivity index (χ1v) is 10.9. The number of rotatable bonds is 10. The topological polar surface area (TPSA) is 108 Å². The van der Waals surface area contributed by atoms with E-state index in [0.29, 0.717) is 32.2 Å². The van der Waals surface area contributed by atoms with Gasteiger partial charge in [0.05, 0.1) is 5.54 Å². The molecule has 0 radical (unpaired) electrons. The van der Waals surface area contributed by atoms with Gasteiger partial charge in [-0.1, -0.05) is 44.2 Å². The number of amides is 3. The highest BCUT2D eigenvalue weighted by Gasteiger charge is 2.61. The van der Waals surface area contributed by atoms with Gasteiger partial charge in [0.15, 0.2) is 6.29 Å². The van der Waals surface area contributed by atoms with Crippen molar-refractivity contribution >= 4 is 18.2 Å². The Morgan fingerprint density at radius 2 is 2.03 bits per heavy atom. The lowest BCUT2D eigenvalue weighted by Gasteiger charge is -2.29. The molecule has 1 aliphatic heterocycles. The van der Waals surface area contributed by atoms with Crippen LogP contribution in [0.1, 0.15) is 51.0 Å². The SMILES string of the molecule is COC(O)C1(NC(=O)[C@H](CC(C)C)NC(=O)[C@@H]2CCCN2C=O)CC1c1ccccc1. The first kappa shape index (κ1) is 23.2. The molecule has 0 bridgehead atoms. The molecule has 3 N–H and O–H groups in total. The fourth-order valence-corrected chi connectivity index (χ4v) is 4.55. The van der Waals surface area contributed by atoms with Crippen LogP contribution in [0.2, 0.25) is 0 Å². The summed E-state index contributed by atoms with van der Waals surface area (Å²) in [7, 11) is 1.40. The Balaban J connectivity index is 1.74. The van der Waals surface area contributed by atoms with Crippen LogP contribution in [0.5, 0.6) is 0 Å². The third-order valence-electron chi connectivity index (χ3n) is 6.30. The number of aliphatic hydroxyl groups excluding tert-OH is 1. The highest BCUT2D eigenvalue weighted by atomic mass is 16.6. The van der Waals surface area contributed by atoms with Gasteiger partial charge in [0, 0.05) is 19.6 Å². The number of nitrogens with one attached hydrogen (secondary N) is 2. The fourth-order valence-electron chi connectivity index (χ4n) is 4.55. The smallest absolute Gasteiger partial charge is 0.243 e. The van der Waals surface area contributed by atoms with Gasteiger partial charge >= 0.3 is 0 Å². The Kier molecular flexibility index (Phi) is 7.33. The van der Waals surface area contributed by atoms with E-state index in [2.05, 4.69) is 10.6 Å². The number of likely N-dealkylation sites (tertiary alicyclic amines) is 1. The van der Waals surface area contributed by atoms with E-state index < -0.39 is 23.9 Å². The Labute approximate surface area is 183 Å². The van der Waals surface area contributed by atoms with Crippen LogP contribution >= 0.6 is 0 Å². The molecule has 1 saturated carbocycles. The first-order chi connectivity index (χ1) is 14.8. The molecule has 3 rings (SSSR count). The van der Waals surface area contributed by atoms with E-state index in [0.717, 1.165) is 12.0 Å². The van der Waals surface area contributed by atoms with E-state index >= 15 is 0 Å². The van der Waals surface area contributed by atoms with Gasteiger partial charge in [0.1, 0.15) is 12.1 Å². The number of nitrogens with zero attached hydrogens (tertiary/aromatic N) is 1. The van der Waals surface area contributed by atoms with Crippen molar-refractivity contribution in [3.63, 3.8) is 0 Å². The zero-order chi connectivity index (χ0) is 22.6. The number of carbonyl (C=O) groups is 3. The molecular formula is C23H33N3O5. The number of methoxy groups -OCH3 is 1. The average Bonchev–Trinajstić information content (AvgIpc) is 3.28. The van der Waals surface area contributed by atoms with Crippen molar-refractivity contribution in [3.8, 4) is 0 Å². The monoisotopic (exact) mass is 431 g/mol. The van der Waals surface area contributed by atoms with E-state index in [9.17, 15) is 19.5 Å². The molecule has 2 fully saturated rings. The predicted octanol–water partition coefficient (Wildman–Crippen LogP) is 1.15. The van der Waals surface area contributed by atoms with Crippen molar-refractivity contribution < 1.29 is 24.2 Å². The zero-order valence-electron chi connectivity index (χ0n) is 18.4. The van der Waals surface area contributed by atoms with Crippen LogP contribution in [0.3, 0.4) is 0 Å². The molecule has 5 atom stereocenters. The maximum absolute atomic E-state index is 13.3. The van der Waals surface area contributed by atoms with Crippen molar-refractivity contribution in [2.45, 2.75) is 69.4 Å². The normalized spacial score (nSPS) is 26.9. The molecule has 8 nitrogen and oxygen atoms in total. The minimum absolute atomic E-state index is 0.0802. The third kappa shape index (κ3) is 5.07. The summed E-state index contributed by atoms with van der Waals surface area (Å²) in [5.41, 5.74) is 0.0749. The average molecular weight is 432 g/mol. The Morgan fingerprint density at radius 1 is 1.32 bits per heavy atom. The molecule has 3 amide bonds. The maximum Gasteiger partial charge on any atom is 0.243 e. The van der Waals surface area contributed by atoms with Gasteiger partial charge in [0.25, 0.3) is 0 Å². The van der Waals surface area contributed by atoms with E-state index in [-0.39, 0.29) is 23.7 Å². The minimum Gasteiger partial charge on any atom is -0.366 e. The molecule has 2 aliphatic rings. The summed E-state index contributed by atoms with van der Waals surface area (Å²) in [6.45, 7) is 4.50. The van der Waals surface area contributed by atoms with E-state index in [4.69, 9.17) is 4.74 Å². The molecule has 1 aromatic rings. The standard InChI is InChI=1S/C23H33N3O5/c1-15(2)12-18(24-21(29)19-10-7-11-26(19)14-27)20(28)25-23(22(30)31-3)13-17(23)16-8-5-4-6-9-16/h4-6,8-9,14-15,17-19,22,30H,7,10-13H2,1-3H3,(H,24,29)(H,25,28)/t17?,18-,19-,22?,23?/m0/s1. The summed E-state index contributed by atoms with van der Waals surface area (Å²) < 4.78 is 5.19. The van der Waals surface area contributed by atoms with Crippen LogP contribution in [0.15, 0.2) is 30.3 Å². The molecular weight excluding hydrogens is 398 g/mol. The lowest BCUT2D eigenvalue weighted by Crippen LogP contribution is -2.57. The molecule has 3 unspecified atom stereocenters. The van der Waals surface area contributed by atoms with E-state index in [1.165, 1.54) is 12.0 Å². The van der Waals surface area contributed by atoms with Crippen LogP contribution in [0.25, 0.3) is 0 Å². The van der Waals surface area contributed by atoms with Gasteiger partial charge in [-0.25, -0.2) is 0 Å².